The Morgan fingerprint density at radius 3 is 1.00 bits per heavy atom. The molecule has 4 fully saturated rings. The van der Waals surface area contributed by atoms with Crippen molar-refractivity contribution < 1.29 is 54.1 Å². The van der Waals surface area contributed by atoms with Gasteiger partial charge in [0.1, 0.15) is 30.6 Å². The SMILES string of the molecule is CN1CCCC1=O.CN1CCCC1=O.Cc1cn(C2C=CC(CO)O2)c(=O)[nH]c1=O.Cc1cn(C2C=CC(CO)O2)c(=O)[nH]c1=O.Cc1cn(C2C=CC(CO)O2)c(=O)[nH]c1=O.Cc1cn(C2CC3OCC3O2)c(=O)[nH]c1=O.O. The molecule has 2 amide bonds. The smallest absolute Gasteiger partial charge is 0.330 e. The number of H-pyrrole nitrogens is 4. The van der Waals surface area contributed by atoms with Gasteiger partial charge in [-0.25, -0.2) is 19.2 Å². The highest BCUT2D eigenvalue weighted by atomic mass is 16.6. The lowest BCUT2D eigenvalue weighted by molar-refractivity contribution is -0.149. The summed E-state index contributed by atoms with van der Waals surface area (Å²) in [6.07, 6.45) is 17.2. The highest BCUT2D eigenvalue weighted by Crippen LogP contribution is 2.35. The average Bonchev–Trinajstić information content (AvgIpc) is 4.34. The fourth-order valence-electron chi connectivity index (χ4n) is 8.24. The van der Waals surface area contributed by atoms with Gasteiger partial charge in [0.25, 0.3) is 22.2 Å². The summed E-state index contributed by atoms with van der Waals surface area (Å²) >= 11 is 0. The van der Waals surface area contributed by atoms with Crippen LogP contribution in [-0.4, -0.2) is 165 Å². The highest BCUT2D eigenvalue weighted by Gasteiger charge is 2.44. The molecule has 0 bridgehead atoms. The van der Waals surface area contributed by atoms with Crippen LogP contribution in [0.3, 0.4) is 0 Å². The molecule has 0 radical (unpaired) electrons. The number of likely N-dealkylation sites (tertiary alicyclic amines) is 2. The second kappa shape index (κ2) is 28.4. The molecule has 432 valence electrons. The topological polar surface area (TPSA) is 398 Å². The Hall–Kier alpha value is -7.48. The quantitative estimate of drug-likeness (QED) is 0.0910. The number of ether oxygens (including phenoxy) is 5. The fourth-order valence-corrected chi connectivity index (χ4v) is 8.24. The molecule has 4 saturated heterocycles. The minimum absolute atomic E-state index is 0. The van der Waals surface area contributed by atoms with Crippen LogP contribution in [0, 0.1) is 27.7 Å². The molecule has 0 saturated carbocycles. The van der Waals surface area contributed by atoms with Crippen molar-refractivity contribution >= 4 is 11.8 Å². The van der Waals surface area contributed by atoms with Crippen molar-refractivity contribution in [1.82, 2.24) is 48.0 Å². The zero-order valence-corrected chi connectivity index (χ0v) is 44.4. The predicted molar refractivity (Wildman–Crippen MR) is 280 cm³/mol. The van der Waals surface area contributed by atoms with Crippen LogP contribution in [-0.2, 0) is 33.3 Å². The Kier molecular flexibility index (Phi) is 22.4. The van der Waals surface area contributed by atoms with Gasteiger partial charge in [-0.05, 0) is 58.8 Å². The number of aromatic amines is 4. The van der Waals surface area contributed by atoms with Gasteiger partial charge in [0.05, 0.1) is 32.5 Å². The third kappa shape index (κ3) is 16.3. The Labute approximate surface area is 448 Å². The van der Waals surface area contributed by atoms with Gasteiger partial charge in [-0.2, -0.15) is 0 Å². The number of carbonyl (C=O) groups is 2. The monoisotopic (exact) mass is 1110 g/mol. The number of amides is 2. The van der Waals surface area contributed by atoms with E-state index in [0.29, 0.717) is 47.1 Å². The molecule has 9 N–H and O–H groups in total. The number of fused-ring (bicyclic) bond motifs is 1. The van der Waals surface area contributed by atoms with E-state index in [2.05, 4.69) is 19.9 Å². The number of aliphatic hydroxyl groups is 3. The molecular weight excluding hydrogens is 1040 g/mol. The second-order valence-electron chi connectivity index (χ2n) is 18.9. The molecule has 11 heterocycles. The summed E-state index contributed by atoms with van der Waals surface area (Å²) in [5.41, 5.74) is -1.75. The minimum atomic E-state index is -0.569. The van der Waals surface area contributed by atoms with Gasteiger partial charge >= 0.3 is 22.8 Å². The van der Waals surface area contributed by atoms with Crippen LogP contribution in [0.4, 0.5) is 0 Å². The van der Waals surface area contributed by atoms with Crippen molar-refractivity contribution in [2.24, 2.45) is 0 Å². The van der Waals surface area contributed by atoms with E-state index in [1.54, 1.807) is 74.0 Å². The van der Waals surface area contributed by atoms with E-state index in [-0.39, 0.29) is 49.3 Å². The molecule has 29 heteroatoms. The molecule has 0 spiro atoms. The molecule has 29 nitrogen and oxygen atoms in total. The normalized spacial score (nSPS) is 24.8. The summed E-state index contributed by atoms with van der Waals surface area (Å²) in [5, 5.41) is 26.6. The minimum Gasteiger partial charge on any atom is -0.412 e. The molecule has 0 aliphatic carbocycles. The Morgan fingerprint density at radius 2 is 0.785 bits per heavy atom. The number of aliphatic hydroxyl groups excluding tert-OH is 3. The third-order valence-electron chi connectivity index (χ3n) is 12.9. The molecule has 4 aromatic heterocycles. The average molecular weight is 1110 g/mol. The standard InChI is InChI=1S/4C10H12N2O4.2C5H9NO.H2O/c1-5-3-12(10(14)11-9(5)13)8-2-6-7(16-8)4-15-6;3*1-6-4-12(10(15)11-9(6)14)8-3-2-7(5-13)16-8;2*1-6-4-2-3-5(6)7;/h3,6-8H,2,4H2,1H3,(H,11,13,14);3*2-4,7-8,13H,5H2,1H3,(H,11,14,15);2*2-4H2,1H3;1H2. The third-order valence-corrected chi connectivity index (χ3v) is 12.9. The van der Waals surface area contributed by atoms with E-state index in [9.17, 15) is 47.9 Å². The van der Waals surface area contributed by atoms with Gasteiger partial charge < -0.3 is 54.3 Å². The number of rotatable bonds is 7. The zero-order valence-electron chi connectivity index (χ0n) is 44.4. The number of hydrogen-bond acceptors (Lipinski definition) is 18. The van der Waals surface area contributed by atoms with E-state index in [1.807, 2.05) is 14.1 Å². The molecule has 79 heavy (non-hydrogen) atoms. The van der Waals surface area contributed by atoms with Crippen LogP contribution < -0.4 is 45.0 Å². The van der Waals surface area contributed by atoms with Crippen LogP contribution in [0.1, 0.15) is 79.3 Å². The summed E-state index contributed by atoms with van der Waals surface area (Å²) in [6.45, 7) is 8.59. The first-order valence-electron chi connectivity index (χ1n) is 25.0. The molecule has 9 unspecified atom stereocenters. The molecule has 7 aliphatic heterocycles. The van der Waals surface area contributed by atoms with Gasteiger partial charge in [0, 0.05) is 93.5 Å². The van der Waals surface area contributed by atoms with Gasteiger partial charge in [0.2, 0.25) is 11.8 Å². The number of carbonyl (C=O) groups excluding carboxylic acids is 2. The van der Waals surface area contributed by atoms with Gasteiger partial charge in [-0.3, -0.25) is 67.0 Å². The van der Waals surface area contributed by atoms with E-state index >= 15 is 0 Å². The lowest BCUT2D eigenvalue weighted by atomic mass is 10.1. The van der Waals surface area contributed by atoms with Gasteiger partial charge in [-0.15, -0.1) is 0 Å². The van der Waals surface area contributed by atoms with Crippen molar-refractivity contribution in [2.45, 2.75) is 115 Å². The van der Waals surface area contributed by atoms with Gasteiger partial charge in [-0.1, -0.05) is 18.2 Å². The summed E-state index contributed by atoms with van der Waals surface area (Å²) < 4.78 is 32.3. The van der Waals surface area contributed by atoms with E-state index in [0.717, 1.165) is 38.8 Å². The number of nitrogens with one attached hydrogen (secondary N) is 4. The number of hydrogen-bond donors (Lipinski definition) is 7. The largest absolute Gasteiger partial charge is 0.412 e. The van der Waals surface area contributed by atoms with Crippen LogP contribution in [0.5, 0.6) is 0 Å². The molecule has 7 aliphatic rings. The summed E-state index contributed by atoms with van der Waals surface area (Å²) in [6, 6.07) is 0. The number of aryl methyl sites for hydroxylation is 4. The number of nitrogens with zero attached hydrogens (tertiary/aromatic N) is 6. The molecule has 4 aromatic rings. The lowest BCUT2D eigenvalue weighted by Gasteiger charge is -2.28. The van der Waals surface area contributed by atoms with Crippen LogP contribution in [0.15, 0.2) is 99.6 Å². The number of aromatic nitrogens is 8. The van der Waals surface area contributed by atoms with Crippen molar-refractivity contribution in [2.75, 3.05) is 53.6 Å². The summed E-state index contributed by atoms with van der Waals surface area (Å²) in [4.78, 5) is 124. The van der Waals surface area contributed by atoms with Crippen molar-refractivity contribution in [3.8, 4) is 0 Å². The predicted octanol–water partition coefficient (Wildman–Crippen LogP) is -2.94. The van der Waals surface area contributed by atoms with Crippen LogP contribution in [0.2, 0.25) is 0 Å². The molecular formula is C50H68N10O19. The zero-order chi connectivity index (χ0) is 57.0. The van der Waals surface area contributed by atoms with Crippen molar-refractivity contribution in [3.05, 3.63) is 167 Å². The van der Waals surface area contributed by atoms with Crippen LogP contribution in [0.25, 0.3) is 0 Å². The Bertz CT molecular complexity index is 3080. The Morgan fingerprint density at radius 1 is 0.468 bits per heavy atom. The van der Waals surface area contributed by atoms with Gasteiger partial charge in [0.15, 0.2) is 18.7 Å². The van der Waals surface area contributed by atoms with E-state index < -0.39 is 76.4 Å². The first-order valence-corrected chi connectivity index (χ1v) is 25.0. The Balaban J connectivity index is 0.000000178. The maximum absolute atomic E-state index is 11.6. The maximum atomic E-state index is 11.6. The summed E-state index contributed by atoms with van der Waals surface area (Å²) in [5.74, 6) is 0.583. The van der Waals surface area contributed by atoms with Crippen molar-refractivity contribution in [1.29, 1.82) is 0 Å². The first-order chi connectivity index (χ1) is 37.1. The van der Waals surface area contributed by atoms with E-state index in [4.69, 9.17) is 39.0 Å². The van der Waals surface area contributed by atoms with Crippen molar-refractivity contribution in [3.63, 3.8) is 0 Å². The second-order valence-corrected chi connectivity index (χ2v) is 18.9. The highest BCUT2D eigenvalue weighted by molar-refractivity contribution is 5.78. The molecule has 9 atom stereocenters. The molecule has 0 aromatic carbocycles. The summed E-state index contributed by atoms with van der Waals surface area (Å²) in [7, 11) is 3.69. The van der Waals surface area contributed by atoms with E-state index in [1.165, 1.54) is 43.1 Å². The fraction of sp³-hybridized carbons (Fsp3) is 0.520. The first kappa shape index (κ1) is 62.4. The maximum Gasteiger partial charge on any atom is 0.330 e. The molecule has 11 rings (SSSR count). The van der Waals surface area contributed by atoms with Crippen LogP contribution >= 0.6 is 0 Å². The lowest BCUT2D eigenvalue weighted by Crippen LogP contribution is -2.40.